The van der Waals surface area contributed by atoms with Crippen LogP contribution in [-0.2, 0) is 4.74 Å². The summed E-state index contributed by atoms with van der Waals surface area (Å²) in [4.78, 5) is 0. The van der Waals surface area contributed by atoms with Crippen molar-refractivity contribution in [3.63, 3.8) is 0 Å². The Bertz CT molecular complexity index is 238. The number of hydrogen-bond acceptors (Lipinski definition) is 2. The fourth-order valence-electron chi connectivity index (χ4n) is 2.22. The zero-order valence-corrected chi connectivity index (χ0v) is 12.2. The van der Waals surface area contributed by atoms with E-state index in [1.54, 1.807) is 0 Å². The maximum atomic E-state index is 5.62. The smallest absolute Gasteiger partial charge is 0.166 e. The molecule has 0 heterocycles. The standard InChI is InChI=1S/C13H26N2OS/c1-4-16-13(2,3)10-14-12(17)15-11-8-6-5-7-9-11/h11H,4-10H2,1-3H3,(H2,14,15,17). The summed E-state index contributed by atoms with van der Waals surface area (Å²) in [6.45, 7) is 7.65. The maximum Gasteiger partial charge on any atom is 0.166 e. The molecule has 4 heteroatoms. The Morgan fingerprint density at radius 3 is 2.53 bits per heavy atom. The van der Waals surface area contributed by atoms with Gasteiger partial charge in [-0.1, -0.05) is 19.3 Å². The van der Waals surface area contributed by atoms with Gasteiger partial charge < -0.3 is 15.4 Å². The van der Waals surface area contributed by atoms with Crippen molar-refractivity contribution in [2.75, 3.05) is 13.2 Å². The van der Waals surface area contributed by atoms with Gasteiger partial charge in [0.25, 0.3) is 0 Å². The summed E-state index contributed by atoms with van der Waals surface area (Å²) in [5.41, 5.74) is -0.160. The average molecular weight is 258 g/mol. The molecule has 0 spiro atoms. The number of thiocarbonyl (C=S) groups is 1. The third-order valence-electron chi connectivity index (χ3n) is 3.15. The summed E-state index contributed by atoms with van der Waals surface area (Å²) >= 11 is 5.31. The zero-order valence-electron chi connectivity index (χ0n) is 11.3. The van der Waals surface area contributed by atoms with Gasteiger partial charge in [-0.15, -0.1) is 0 Å². The van der Waals surface area contributed by atoms with Gasteiger partial charge in [0.2, 0.25) is 0 Å². The first kappa shape index (κ1) is 14.7. The van der Waals surface area contributed by atoms with Crippen molar-refractivity contribution in [2.45, 2.75) is 64.5 Å². The molecule has 1 rings (SSSR count). The van der Waals surface area contributed by atoms with Crippen molar-refractivity contribution >= 4 is 17.3 Å². The summed E-state index contributed by atoms with van der Waals surface area (Å²) in [6.07, 6.45) is 6.51. The molecule has 100 valence electrons. The molecule has 0 aromatic carbocycles. The fourth-order valence-corrected chi connectivity index (χ4v) is 2.46. The van der Waals surface area contributed by atoms with Crippen LogP contribution in [0.5, 0.6) is 0 Å². The van der Waals surface area contributed by atoms with Crippen molar-refractivity contribution in [3.05, 3.63) is 0 Å². The van der Waals surface area contributed by atoms with Crippen LogP contribution in [0.2, 0.25) is 0 Å². The Labute approximate surface area is 111 Å². The molecule has 0 radical (unpaired) electrons. The van der Waals surface area contributed by atoms with Crippen molar-refractivity contribution in [1.29, 1.82) is 0 Å². The summed E-state index contributed by atoms with van der Waals surface area (Å²) in [6, 6.07) is 0.568. The topological polar surface area (TPSA) is 33.3 Å². The Hall–Kier alpha value is -0.350. The van der Waals surface area contributed by atoms with Crippen LogP contribution in [0, 0.1) is 0 Å². The number of rotatable bonds is 5. The lowest BCUT2D eigenvalue weighted by molar-refractivity contribution is -0.00576. The predicted molar refractivity (Wildman–Crippen MR) is 76.3 cm³/mol. The Balaban J connectivity index is 2.20. The Kier molecular flexibility index (Phi) is 6.20. The molecule has 0 aliphatic heterocycles. The third kappa shape index (κ3) is 6.22. The molecule has 0 aromatic heterocycles. The lowest BCUT2D eigenvalue weighted by atomic mass is 9.96. The average Bonchev–Trinajstić information content (AvgIpc) is 2.28. The molecule has 17 heavy (non-hydrogen) atoms. The zero-order chi connectivity index (χ0) is 12.7. The summed E-state index contributed by atoms with van der Waals surface area (Å²) in [5.74, 6) is 0. The van der Waals surface area contributed by atoms with E-state index in [1.807, 2.05) is 6.92 Å². The molecule has 0 atom stereocenters. The van der Waals surface area contributed by atoms with E-state index in [0.717, 1.165) is 18.3 Å². The van der Waals surface area contributed by atoms with Crippen molar-refractivity contribution in [2.24, 2.45) is 0 Å². The Morgan fingerprint density at radius 2 is 1.94 bits per heavy atom. The van der Waals surface area contributed by atoms with E-state index in [4.69, 9.17) is 17.0 Å². The van der Waals surface area contributed by atoms with Gasteiger partial charge in [0.1, 0.15) is 0 Å². The van der Waals surface area contributed by atoms with Crippen LogP contribution in [0.3, 0.4) is 0 Å². The highest BCUT2D eigenvalue weighted by molar-refractivity contribution is 7.80. The summed E-state index contributed by atoms with van der Waals surface area (Å²) < 4.78 is 5.62. The molecule has 1 saturated carbocycles. The van der Waals surface area contributed by atoms with Gasteiger partial charge in [0.15, 0.2) is 5.11 Å². The van der Waals surface area contributed by atoms with E-state index in [0.29, 0.717) is 6.04 Å². The van der Waals surface area contributed by atoms with E-state index in [2.05, 4.69) is 24.5 Å². The molecule has 1 aliphatic rings. The van der Waals surface area contributed by atoms with Crippen molar-refractivity contribution in [3.8, 4) is 0 Å². The molecule has 0 saturated heterocycles. The molecule has 0 amide bonds. The van der Waals surface area contributed by atoms with Gasteiger partial charge in [0, 0.05) is 19.2 Å². The number of ether oxygens (including phenoxy) is 1. The maximum absolute atomic E-state index is 5.62. The van der Waals surface area contributed by atoms with Gasteiger partial charge in [0.05, 0.1) is 5.60 Å². The van der Waals surface area contributed by atoms with Crippen LogP contribution in [0.4, 0.5) is 0 Å². The first-order valence-electron chi connectivity index (χ1n) is 6.72. The van der Waals surface area contributed by atoms with E-state index < -0.39 is 0 Å². The van der Waals surface area contributed by atoms with E-state index in [1.165, 1.54) is 32.1 Å². The van der Waals surface area contributed by atoms with E-state index in [9.17, 15) is 0 Å². The number of nitrogens with one attached hydrogen (secondary N) is 2. The fraction of sp³-hybridized carbons (Fsp3) is 0.923. The number of hydrogen-bond donors (Lipinski definition) is 2. The first-order chi connectivity index (χ1) is 8.03. The molecular weight excluding hydrogens is 232 g/mol. The van der Waals surface area contributed by atoms with Crippen LogP contribution in [0.15, 0.2) is 0 Å². The third-order valence-corrected chi connectivity index (χ3v) is 3.41. The second-order valence-electron chi connectivity index (χ2n) is 5.35. The van der Waals surface area contributed by atoms with Crippen molar-refractivity contribution < 1.29 is 4.74 Å². The largest absolute Gasteiger partial charge is 0.374 e. The highest BCUT2D eigenvalue weighted by atomic mass is 32.1. The van der Waals surface area contributed by atoms with Gasteiger partial charge in [-0.3, -0.25) is 0 Å². The quantitative estimate of drug-likeness (QED) is 0.743. The summed E-state index contributed by atoms with van der Waals surface area (Å²) in [7, 11) is 0. The van der Waals surface area contributed by atoms with E-state index in [-0.39, 0.29) is 5.60 Å². The monoisotopic (exact) mass is 258 g/mol. The van der Waals surface area contributed by atoms with Gasteiger partial charge >= 0.3 is 0 Å². The van der Waals surface area contributed by atoms with Gasteiger partial charge in [-0.05, 0) is 45.8 Å². The highest BCUT2D eigenvalue weighted by Gasteiger charge is 2.19. The van der Waals surface area contributed by atoms with E-state index >= 15 is 0 Å². The molecule has 0 bridgehead atoms. The van der Waals surface area contributed by atoms with Crippen LogP contribution in [0.1, 0.15) is 52.9 Å². The molecular formula is C13H26N2OS. The van der Waals surface area contributed by atoms with Crippen LogP contribution < -0.4 is 10.6 Å². The molecule has 0 unspecified atom stereocenters. The second kappa shape index (κ2) is 7.17. The van der Waals surface area contributed by atoms with Gasteiger partial charge in [-0.25, -0.2) is 0 Å². The summed E-state index contributed by atoms with van der Waals surface area (Å²) in [5, 5.41) is 7.42. The van der Waals surface area contributed by atoms with Gasteiger partial charge in [-0.2, -0.15) is 0 Å². The lowest BCUT2D eigenvalue weighted by Crippen LogP contribution is -2.47. The van der Waals surface area contributed by atoms with Crippen LogP contribution in [-0.4, -0.2) is 29.9 Å². The first-order valence-corrected chi connectivity index (χ1v) is 7.12. The second-order valence-corrected chi connectivity index (χ2v) is 5.76. The lowest BCUT2D eigenvalue weighted by Gasteiger charge is -2.28. The molecule has 3 nitrogen and oxygen atoms in total. The normalized spacial score (nSPS) is 17.8. The minimum Gasteiger partial charge on any atom is -0.374 e. The van der Waals surface area contributed by atoms with Crippen LogP contribution >= 0.6 is 12.2 Å². The molecule has 1 fully saturated rings. The van der Waals surface area contributed by atoms with Crippen molar-refractivity contribution in [1.82, 2.24) is 10.6 Å². The molecule has 1 aliphatic carbocycles. The highest BCUT2D eigenvalue weighted by Crippen LogP contribution is 2.17. The molecule has 2 N–H and O–H groups in total. The van der Waals surface area contributed by atoms with Crippen LogP contribution in [0.25, 0.3) is 0 Å². The predicted octanol–water partition coefficient (Wildman–Crippen LogP) is 2.60. The minimum absolute atomic E-state index is 0.160. The SMILES string of the molecule is CCOC(C)(C)CNC(=S)NC1CCCCC1. The molecule has 0 aromatic rings. The minimum atomic E-state index is -0.160. The Morgan fingerprint density at radius 1 is 1.29 bits per heavy atom.